The Morgan fingerprint density at radius 1 is 1.16 bits per heavy atom. The number of carbonyl (C=O) groups excluding carboxylic acids is 1. The number of allylic oxidation sites excluding steroid dienone is 1. The van der Waals surface area contributed by atoms with Gasteiger partial charge < -0.3 is 28.6 Å². The molecule has 2 spiro atoms. The lowest BCUT2D eigenvalue weighted by molar-refractivity contribution is -0.143. The summed E-state index contributed by atoms with van der Waals surface area (Å²) in [7, 11) is 1.72. The molecule has 5 aliphatic rings. The van der Waals surface area contributed by atoms with Crippen molar-refractivity contribution in [3.63, 3.8) is 0 Å². The monoisotopic (exact) mass is 435 g/mol. The van der Waals surface area contributed by atoms with Gasteiger partial charge in [0.2, 0.25) is 0 Å². The van der Waals surface area contributed by atoms with Gasteiger partial charge in [0.05, 0.1) is 31.8 Å². The first kappa shape index (κ1) is 21.7. The van der Waals surface area contributed by atoms with E-state index in [2.05, 4.69) is 26.8 Å². The molecule has 1 amide bonds. The third-order valence-electron chi connectivity index (χ3n) is 8.39. The van der Waals surface area contributed by atoms with Crippen molar-refractivity contribution >= 4 is 6.09 Å². The second kappa shape index (κ2) is 7.72. The highest BCUT2D eigenvalue weighted by Crippen LogP contribution is 2.59. The molecule has 0 N–H and O–H groups in total. The fourth-order valence-corrected chi connectivity index (χ4v) is 6.12. The lowest BCUT2D eigenvalue weighted by Gasteiger charge is -2.47. The van der Waals surface area contributed by atoms with E-state index in [1.807, 2.05) is 4.90 Å². The quantitative estimate of drug-likeness (QED) is 0.487. The molecule has 5 fully saturated rings. The van der Waals surface area contributed by atoms with Gasteiger partial charge in [0.15, 0.2) is 0 Å². The highest BCUT2D eigenvalue weighted by Gasteiger charge is 2.72. The number of ether oxygens (including phenoxy) is 5. The summed E-state index contributed by atoms with van der Waals surface area (Å²) in [5, 5.41) is 0. The van der Waals surface area contributed by atoms with Gasteiger partial charge in [-0.1, -0.05) is 11.6 Å². The highest BCUT2D eigenvalue weighted by atomic mass is 16.6. The summed E-state index contributed by atoms with van der Waals surface area (Å²) in [6, 6.07) is 0. The third kappa shape index (κ3) is 3.81. The van der Waals surface area contributed by atoms with Gasteiger partial charge in [-0.25, -0.2) is 4.79 Å². The van der Waals surface area contributed by atoms with Gasteiger partial charge >= 0.3 is 6.09 Å². The van der Waals surface area contributed by atoms with Gasteiger partial charge in [0.25, 0.3) is 0 Å². The molecule has 1 unspecified atom stereocenters. The molecule has 0 aromatic heterocycles. The van der Waals surface area contributed by atoms with Crippen LogP contribution in [0.25, 0.3) is 0 Å². The van der Waals surface area contributed by atoms with E-state index < -0.39 is 0 Å². The van der Waals surface area contributed by atoms with Crippen molar-refractivity contribution in [3.8, 4) is 0 Å². The predicted octanol–water partition coefficient (Wildman–Crippen LogP) is 3.31. The number of hydrogen-bond donors (Lipinski definition) is 0. The Kier molecular flexibility index (Phi) is 5.40. The van der Waals surface area contributed by atoms with Crippen molar-refractivity contribution in [3.05, 3.63) is 11.6 Å². The van der Waals surface area contributed by atoms with E-state index in [9.17, 15) is 4.79 Å². The maximum absolute atomic E-state index is 13.0. The molecule has 4 saturated heterocycles. The minimum absolute atomic E-state index is 0.0591. The number of piperidine rings is 1. The number of carbonyl (C=O) groups is 1. The maximum Gasteiger partial charge on any atom is 0.410 e. The molecule has 0 bridgehead atoms. The van der Waals surface area contributed by atoms with Crippen LogP contribution in [0.15, 0.2) is 11.6 Å². The van der Waals surface area contributed by atoms with Crippen molar-refractivity contribution in [2.24, 2.45) is 11.3 Å². The summed E-state index contributed by atoms with van der Waals surface area (Å²) < 4.78 is 29.7. The molecule has 0 aromatic rings. The van der Waals surface area contributed by atoms with E-state index in [1.54, 1.807) is 7.11 Å². The standard InChI is InChI=1S/C24H37NO6/c1-16(2)5-6-18-22(3,31-18)20-19(27-4)17(7-8-24(20)15-29-24)30-21(26)25-11-9-23(10-12-25)13-28-14-23/h5,17-20H,6-15H2,1-4H3/t17-,18-,19-,20?,22+,24+/m1/s1. The molecule has 6 atom stereocenters. The normalized spacial score (nSPS) is 42.8. The second-order valence-electron chi connectivity index (χ2n) is 10.8. The minimum atomic E-state index is -0.310. The maximum atomic E-state index is 13.0. The average molecular weight is 436 g/mol. The Bertz CT molecular complexity index is 730. The van der Waals surface area contributed by atoms with E-state index in [1.165, 1.54) is 5.57 Å². The Hall–Kier alpha value is -1.15. The van der Waals surface area contributed by atoms with E-state index in [0.29, 0.717) is 5.41 Å². The average Bonchev–Trinajstić information content (AvgIpc) is 3.64. The molecule has 1 saturated carbocycles. The Morgan fingerprint density at radius 3 is 2.42 bits per heavy atom. The van der Waals surface area contributed by atoms with Crippen LogP contribution in [0, 0.1) is 11.3 Å². The second-order valence-corrected chi connectivity index (χ2v) is 10.8. The fraction of sp³-hybridized carbons (Fsp3) is 0.875. The van der Waals surface area contributed by atoms with Crippen molar-refractivity contribution in [1.82, 2.24) is 4.90 Å². The van der Waals surface area contributed by atoms with Gasteiger partial charge in [-0.15, -0.1) is 0 Å². The molecule has 174 valence electrons. The summed E-state index contributed by atoms with van der Waals surface area (Å²) in [6.07, 6.45) is 6.21. The molecule has 31 heavy (non-hydrogen) atoms. The van der Waals surface area contributed by atoms with Crippen LogP contribution in [0.4, 0.5) is 4.79 Å². The molecule has 0 radical (unpaired) electrons. The predicted molar refractivity (Wildman–Crippen MR) is 114 cm³/mol. The fourth-order valence-electron chi connectivity index (χ4n) is 6.12. The number of rotatable bonds is 5. The third-order valence-corrected chi connectivity index (χ3v) is 8.39. The zero-order valence-electron chi connectivity index (χ0n) is 19.4. The first-order valence-corrected chi connectivity index (χ1v) is 11.8. The molecule has 0 aromatic carbocycles. The molecular formula is C24H37NO6. The SMILES string of the molecule is CO[C@H]1C([C@@]2(C)O[C@@H]2CC=C(C)C)[C@]2(CC[C@H]1OC(=O)N1CCC3(CC1)COC3)CO2. The highest BCUT2D eigenvalue weighted by molar-refractivity contribution is 5.68. The molecule has 4 heterocycles. The molecule has 4 aliphatic heterocycles. The van der Waals surface area contributed by atoms with Crippen LogP contribution in [0.2, 0.25) is 0 Å². The molecule has 7 nitrogen and oxygen atoms in total. The van der Waals surface area contributed by atoms with Crippen LogP contribution in [-0.2, 0) is 23.7 Å². The Labute approximate surface area is 185 Å². The number of methoxy groups -OCH3 is 1. The number of epoxide rings is 2. The van der Waals surface area contributed by atoms with E-state index in [4.69, 9.17) is 23.7 Å². The van der Waals surface area contributed by atoms with Crippen LogP contribution in [0.5, 0.6) is 0 Å². The first-order valence-electron chi connectivity index (χ1n) is 11.8. The first-order chi connectivity index (χ1) is 14.8. The van der Waals surface area contributed by atoms with Crippen LogP contribution in [0.3, 0.4) is 0 Å². The molecule has 7 heteroatoms. The number of hydrogen-bond acceptors (Lipinski definition) is 6. The van der Waals surface area contributed by atoms with Gasteiger partial charge in [-0.05, 0) is 52.9 Å². The van der Waals surface area contributed by atoms with Gasteiger partial charge in [-0.3, -0.25) is 0 Å². The summed E-state index contributed by atoms with van der Waals surface area (Å²) in [5.74, 6) is 0.0591. The van der Waals surface area contributed by atoms with Gasteiger partial charge in [0.1, 0.15) is 23.4 Å². The Morgan fingerprint density at radius 2 is 1.87 bits per heavy atom. The van der Waals surface area contributed by atoms with E-state index >= 15 is 0 Å². The number of nitrogens with zero attached hydrogens (tertiary/aromatic N) is 1. The molecule has 1 aliphatic carbocycles. The largest absolute Gasteiger partial charge is 0.443 e. The van der Waals surface area contributed by atoms with Crippen LogP contribution >= 0.6 is 0 Å². The summed E-state index contributed by atoms with van der Waals surface area (Å²) in [5.41, 5.74) is 1.09. The summed E-state index contributed by atoms with van der Waals surface area (Å²) in [6.45, 7) is 10.3. The smallest absolute Gasteiger partial charge is 0.410 e. The van der Waals surface area contributed by atoms with Crippen molar-refractivity contribution in [2.45, 2.75) is 82.4 Å². The van der Waals surface area contributed by atoms with Crippen LogP contribution in [-0.4, -0.2) is 80.5 Å². The van der Waals surface area contributed by atoms with Crippen molar-refractivity contribution < 1.29 is 28.5 Å². The Balaban J connectivity index is 1.25. The molecular weight excluding hydrogens is 398 g/mol. The van der Waals surface area contributed by atoms with Gasteiger partial charge in [0, 0.05) is 25.6 Å². The summed E-state index contributed by atoms with van der Waals surface area (Å²) in [4.78, 5) is 14.8. The zero-order chi connectivity index (χ0) is 21.9. The van der Waals surface area contributed by atoms with E-state index in [0.717, 1.165) is 65.0 Å². The van der Waals surface area contributed by atoms with Crippen LogP contribution < -0.4 is 0 Å². The van der Waals surface area contributed by atoms with Crippen molar-refractivity contribution in [1.29, 1.82) is 0 Å². The van der Waals surface area contributed by atoms with Crippen molar-refractivity contribution in [2.75, 3.05) is 40.0 Å². The topological polar surface area (TPSA) is 73.1 Å². The minimum Gasteiger partial charge on any atom is -0.443 e. The molecule has 5 rings (SSSR count). The zero-order valence-corrected chi connectivity index (χ0v) is 19.4. The lowest BCUT2D eigenvalue weighted by Crippen LogP contribution is -2.57. The number of likely N-dealkylation sites (tertiary alicyclic amines) is 1. The summed E-state index contributed by atoms with van der Waals surface area (Å²) >= 11 is 0. The van der Waals surface area contributed by atoms with Crippen LogP contribution in [0.1, 0.15) is 52.9 Å². The van der Waals surface area contributed by atoms with Gasteiger partial charge in [-0.2, -0.15) is 0 Å². The van der Waals surface area contributed by atoms with E-state index in [-0.39, 0.29) is 41.5 Å². The lowest BCUT2D eigenvalue weighted by atomic mass is 9.68. The number of amides is 1.